The highest BCUT2D eigenvalue weighted by molar-refractivity contribution is 7.23. The molecule has 222 valence electrons. The van der Waals surface area contributed by atoms with E-state index in [2.05, 4.69) is 25.1 Å². The number of nitrogens with zero attached hydrogens (tertiary/aromatic N) is 6. The number of hydrogen-bond donors (Lipinski definition) is 2. The number of pyridine rings is 1. The fourth-order valence-corrected chi connectivity index (χ4v) is 8.58. The summed E-state index contributed by atoms with van der Waals surface area (Å²) < 4.78 is 52.1. The molecule has 0 spiro atoms. The smallest absolute Gasteiger partial charge is 0.319 e. The van der Waals surface area contributed by atoms with Gasteiger partial charge in [0.05, 0.1) is 21.2 Å². The minimum absolute atomic E-state index is 0.0191. The first-order chi connectivity index (χ1) is 20.8. The van der Waals surface area contributed by atoms with Crippen molar-refractivity contribution in [1.82, 2.24) is 25.2 Å². The third-order valence-electron chi connectivity index (χ3n) is 9.58. The molecule has 1 aromatic carbocycles. The van der Waals surface area contributed by atoms with Crippen LogP contribution in [0, 0.1) is 23.0 Å². The molecule has 0 aliphatic carbocycles. The van der Waals surface area contributed by atoms with Crippen LogP contribution in [0.4, 0.5) is 24.0 Å². The van der Waals surface area contributed by atoms with Gasteiger partial charge in [-0.25, -0.2) is 13.2 Å². The zero-order valence-corrected chi connectivity index (χ0v) is 24.1. The number of aromatic nitrogens is 3. The number of benzene rings is 1. The molecule has 13 heteroatoms. The van der Waals surface area contributed by atoms with E-state index in [1.807, 2.05) is 6.07 Å². The number of ether oxygens (including phenoxy) is 1. The predicted molar refractivity (Wildman–Crippen MR) is 158 cm³/mol. The quantitative estimate of drug-likeness (QED) is 0.338. The average Bonchev–Trinajstić information content (AvgIpc) is 3.73. The molecule has 2 unspecified atom stereocenters. The van der Waals surface area contributed by atoms with E-state index in [0.29, 0.717) is 49.3 Å². The number of alkyl halides is 1. The lowest BCUT2D eigenvalue weighted by atomic mass is 9.95. The maximum absolute atomic E-state index is 16.6. The second kappa shape index (κ2) is 9.90. The molecule has 8 rings (SSSR count). The summed E-state index contributed by atoms with van der Waals surface area (Å²) in [4.78, 5) is 18.1. The Morgan fingerprint density at radius 2 is 2.00 bits per heavy atom. The Morgan fingerprint density at radius 3 is 2.79 bits per heavy atom. The van der Waals surface area contributed by atoms with Crippen molar-refractivity contribution < 1.29 is 17.9 Å². The van der Waals surface area contributed by atoms with Gasteiger partial charge >= 0.3 is 6.01 Å². The van der Waals surface area contributed by atoms with Crippen LogP contribution in [0.25, 0.3) is 32.2 Å². The van der Waals surface area contributed by atoms with Crippen LogP contribution in [-0.2, 0) is 0 Å². The van der Waals surface area contributed by atoms with Gasteiger partial charge in [-0.15, -0.1) is 11.3 Å². The molecule has 3 aromatic heterocycles. The number of fused-ring (bicyclic) bond motifs is 5. The van der Waals surface area contributed by atoms with Gasteiger partial charge in [0.1, 0.15) is 46.7 Å². The van der Waals surface area contributed by atoms with Gasteiger partial charge in [0.15, 0.2) is 5.82 Å². The lowest BCUT2D eigenvalue weighted by molar-refractivity contribution is 0.107. The van der Waals surface area contributed by atoms with Crippen molar-refractivity contribution in [2.45, 2.75) is 55.9 Å². The minimum Gasteiger partial charge on any atom is -0.461 e. The Balaban J connectivity index is 1.26. The van der Waals surface area contributed by atoms with Gasteiger partial charge < -0.3 is 20.7 Å². The average molecular weight is 607 g/mol. The maximum Gasteiger partial charge on any atom is 0.319 e. The standard InChI is InChI=1S/C30H29F3N8OS/c31-15-8-30(6-1-7-41(30)11-15)14-42-29-38-25-20(28(39-29)40-12-16-2-3-17(13-40)37-16)10-36-24(23(25)33)18-4-5-21(32)26-22(18)19(9-34)27(35)43-26/h4-5,10,15-17,37H,1-3,6-8,11-14,35H2/t15-,16?,17?,30+/m0/s1. The van der Waals surface area contributed by atoms with Crippen LogP contribution in [-0.4, -0.2) is 76.4 Å². The Bertz CT molecular complexity index is 1820. The number of halogens is 3. The van der Waals surface area contributed by atoms with Gasteiger partial charge in [-0.1, -0.05) is 0 Å². The van der Waals surface area contributed by atoms with Crippen molar-refractivity contribution in [3.05, 3.63) is 35.5 Å². The number of nitrogens with two attached hydrogens (primary N) is 1. The second-order valence-corrected chi connectivity index (χ2v) is 13.2. The van der Waals surface area contributed by atoms with Gasteiger partial charge in [-0.05, 0) is 44.4 Å². The number of nitrogen functional groups attached to an aromatic ring is 1. The van der Waals surface area contributed by atoms with Crippen molar-refractivity contribution in [3.63, 3.8) is 0 Å². The molecule has 4 atom stereocenters. The summed E-state index contributed by atoms with van der Waals surface area (Å²) in [6.07, 6.45) is 4.92. The molecule has 2 bridgehead atoms. The first-order valence-electron chi connectivity index (χ1n) is 14.6. The molecule has 4 saturated heterocycles. The van der Waals surface area contributed by atoms with Crippen LogP contribution in [0.5, 0.6) is 6.01 Å². The van der Waals surface area contributed by atoms with Crippen LogP contribution in [0.2, 0.25) is 0 Å². The number of hydrogen-bond acceptors (Lipinski definition) is 10. The molecule has 4 aliphatic rings. The fourth-order valence-electron chi connectivity index (χ4n) is 7.63. The third kappa shape index (κ3) is 4.22. The largest absolute Gasteiger partial charge is 0.461 e. The van der Waals surface area contributed by atoms with Gasteiger partial charge in [-0.3, -0.25) is 9.88 Å². The number of rotatable bonds is 5. The minimum atomic E-state index is -0.906. The highest BCUT2D eigenvalue weighted by Crippen LogP contribution is 2.43. The highest BCUT2D eigenvalue weighted by Gasteiger charge is 2.49. The van der Waals surface area contributed by atoms with Crippen molar-refractivity contribution in [2.24, 2.45) is 0 Å². The van der Waals surface area contributed by atoms with Crippen molar-refractivity contribution in [3.8, 4) is 23.3 Å². The van der Waals surface area contributed by atoms with E-state index in [9.17, 15) is 14.0 Å². The summed E-state index contributed by atoms with van der Waals surface area (Å²) in [6.45, 7) is 2.83. The van der Waals surface area contributed by atoms with Crippen LogP contribution in [0.1, 0.15) is 37.7 Å². The summed E-state index contributed by atoms with van der Waals surface area (Å²) in [6, 6.07) is 5.30. The van der Waals surface area contributed by atoms with E-state index in [4.69, 9.17) is 15.5 Å². The van der Waals surface area contributed by atoms with E-state index in [0.717, 1.165) is 43.6 Å². The Kier molecular flexibility index (Phi) is 6.19. The SMILES string of the molecule is N#Cc1c(N)sc2c(F)ccc(-c3ncc4c(N5CC6CCC(C5)N6)nc(OC[C@]56CCCN5C[C@@H](F)C6)nc4c3F)c12. The first-order valence-corrected chi connectivity index (χ1v) is 15.5. The molecule has 4 fully saturated rings. The van der Waals surface area contributed by atoms with Crippen molar-refractivity contribution in [2.75, 3.05) is 43.4 Å². The molecule has 0 amide bonds. The molecule has 0 radical (unpaired) electrons. The molecule has 4 aromatic rings. The number of nitriles is 1. The van der Waals surface area contributed by atoms with Crippen LogP contribution < -0.4 is 20.7 Å². The zero-order valence-electron chi connectivity index (χ0n) is 23.2. The molecule has 9 nitrogen and oxygen atoms in total. The number of piperazine rings is 1. The normalized spacial score (nSPS) is 26.8. The highest BCUT2D eigenvalue weighted by atomic mass is 32.1. The summed E-state index contributed by atoms with van der Waals surface area (Å²) in [7, 11) is 0. The fraction of sp³-hybridized carbons (Fsp3) is 0.467. The number of anilines is 2. The lowest BCUT2D eigenvalue weighted by Gasteiger charge is -2.34. The van der Waals surface area contributed by atoms with Gasteiger partial charge in [0, 0.05) is 55.3 Å². The Hall–Kier alpha value is -3.73. The van der Waals surface area contributed by atoms with E-state index < -0.39 is 23.3 Å². The molecular weight excluding hydrogens is 577 g/mol. The molecule has 7 heterocycles. The molecule has 4 aliphatic heterocycles. The number of thiophene rings is 1. The van der Waals surface area contributed by atoms with Crippen molar-refractivity contribution >= 4 is 43.1 Å². The topological polar surface area (TPSA) is 116 Å². The Labute approximate surface area is 249 Å². The Morgan fingerprint density at radius 1 is 1.19 bits per heavy atom. The molecule has 43 heavy (non-hydrogen) atoms. The van der Waals surface area contributed by atoms with E-state index in [1.165, 1.54) is 18.3 Å². The van der Waals surface area contributed by atoms with Gasteiger partial charge in [0.2, 0.25) is 0 Å². The van der Waals surface area contributed by atoms with Crippen LogP contribution >= 0.6 is 11.3 Å². The molecule has 0 saturated carbocycles. The van der Waals surface area contributed by atoms with Gasteiger partial charge in [0.25, 0.3) is 0 Å². The maximum atomic E-state index is 16.6. The van der Waals surface area contributed by atoms with E-state index in [-0.39, 0.29) is 50.0 Å². The van der Waals surface area contributed by atoms with E-state index in [1.54, 1.807) is 0 Å². The first kappa shape index (κ1) is 26.9. The molecular formula is C30H29F3N8OS. The summed E-state index contributed by atoms with van der Waals surface area (Å²) in [5.41, 5.74) is 5.90. The summed E-state index contributed by atoms with van der Waals surface area (Å²) >= 11 is 0.945. The monoisotopic (exact) mass is 606 g/mol. The van der Waals surface area contributed by atoms with Crippen LogP contribution in [0.3, 0.4) is 0 Å². The summed E-state index contributed by atoms with van der Waals surface area (Å²) in [5, 5.41) is 14.2. The van der Waals surface area contributed by atoms with E-state index >= 15 is 4.39 Å². The van der Waals surface area contributed by atoms with Gasteiger partial charge in [-0.2, -0.15) is 15.2 Å². The van der Waals surface area contributed by atoms with Crippen LogP contribution in [0.15, 0.2) is 18.3 Å². The summed E-state index contributed by atoms with van der Waals surface area (Å²) in [5.74, 6) is -0.737. The predicted octanol–water partition coefficient (Wildman–Crippen LogP) is 4.53. The second-order valence-electron chi connectivity index (χ2n) is 12.2. The van der Waals surface area contributed by atoms with Crippen molar-refractivity contribution in [1.29, 1.82) is 5.26 Å². The lowest BCUT2D eigenvalue weighted by Crippen LogP contribution is -2.51. The zero-order chi connectivity index (χ0) is 29.5. The molecule has 3 N–H and O–H groups in total. The third-order valence-corrected chi connectivity index (χ3v) is 10.6. The number of nitrogens with one attached hydrogen (secondary N) is 1.